The molecule has 0 aliphatic carbocycles. The fourth-order valence-electron chi connectivity index (χ4n) is 3.08. The van der Waals surface area contributed by atoms with E-state index in [1.807, 2.05) is 55.5 Å². The molecule has 1 aliphatic rings. The van der Waals surface area contributed by atoms with Crippen LogP contribution in [0.5, 0.6) is 0 Å². The van der Waals surface area contributed by atoms with Crippen LogP contribution in [0.1, 0.15) is 25.5 Å². The van der Waals surface area contributed by atoms with Gasteiger partial charge in [0.05, 0.1) is 12.3 Å². The van der Waals surface area contributed by atoms with E-state index in [2.05, 4.69) is 10.2 Å². The molecule has 0 fully saturated rings. The summed E-state index contributed by atoms with van der Waals surface area (Å²) in [6.45, 7) is 3.94. The van der Waals surface area contributed by atoms with E-state index in [1.165, 1.54) is 4.57 Å². The lowest BCUT2D eigenvalue weighted by atomic mass is 9.97. The van der Waals surface area contributed by atoms with E-state index in [0.29, 0.717) is 11.6 Å². The van der Waals surface area contributed by atoms with Crippen molar-refractivity contribution in [3.05, 3.63) is 81.8 Å². The lowest BCUT2D eigenvalue weighted by Gasteiger charge is -2.17. The summed E-state index contributed by atoms with van der Waals surface area (Å²) in [5.74, 6) is -0.463. The van der Waals surface area contributed by atoms with Gasteiger partial charge in [0.2, 0.25) is 11.9 Å². The van der Waals surface area contributed by atoms with Gasteiger partial charge in [0.1, 0.15) is 6.04 Å². The Morgan fingerprint density at radius 2 is 1.97 bits per heavy atom. The third-order valence-electron chi connectivity index (χ3n) is 4.67. The monoisotopic (exact) mass is 426 g/mol. The number of nitrogens with one attached hydrogen (secondary N) is 1. The third-order valence-corrected chi connectivity index (χ3v) is 4.93. The highest BCUT2D eigenvalue weighted by atomic mass is 35.5. The highest BCUT2D eigenvalue weighted by Gasteiger charge is 2.31. The predicted octanol–water partition coefficient (Wildman–Crippen LogP) is 2.80. The molecule has 1 amide bonds. The molecule has 0 radical (unpaired) electrons. The summed E-state index contributed by atoms with van der Waals surface area (Å²) in [6, 6.07) is 6.53. The van der Waals surface area contributed by atoms with Crippen molar-refractivity contribution in [1.82, 2.24) is 14.8 Å². The van der Waals surface area contributed by atoms with Crippen LogP contribution >= 0.6 is 11.6 Å². The maximum absolute atomic E-state index is 12.2. The van der Waals surface area contributed by atoms with Crippen LogP contribution in [0.3, 0.4) is 0 Å². The Balaban J connectivity index is 1.99. The molecule has 0 spiro atoms. The second-order valence-corrected chi connectivity index (χ2v) is 7.19. The van der Waals surface area contributed by atoms with Crippen molar-refractivity contribution < 1.29 is 4.79 Å². The van der Waals surface area contributed by atoms with Crippen LogP contribution in [-0.4, -0.2) is 32.9 Å². The van der Waals surface area contributed by atoms with E-state index < -0.39 is 17.6 Å². The molecular weight excluding hydrogens is 404 g/mol. The predicted molar refractivity (Wildman–Crippen MR) is 119 cm³/mol. The number of hydrazone groups is 1. The number of halogens is 1. The number of rotatable bonds is 7. The van der Waals surface area contributed by atoms with Gasteiger partial charge in [-0.25, -0.2) is 19.5 Å². The minimum atomic E-state index is -0.862. The van der Waals surface area contributed by atoms with Crippen molar-refractivity contribution in [1.29, 1.82) is 0 Å². The highest BCUT2D eigenvalue weighted by molar-refractivity contribution is 6.30. The van der Waals surface area contributed by atoms with Gasteiger partial charge >= 0.3 is 5.69 Å². The van der Waals surface area contributed by atoms with E-state index in [1.54, 1.807) is 24.1 Å². The number of hydrogen-bond acceptors (Lipinski definition) is 5. The molecule has 1 aliphatic heterocycles. The van der Waals surface area contributed by atoms with Gasteiger partial charge in [-0.15, -0.1) is 5.10 Å². The van der Waals surface area contributed by atoms with Gasteiger partial charge in [0, 0.05) is 10.9 Å². The molecule has 1 aromatic heterocycles. The number of allylic oxidation sites excluding steroid dienone is 5. The first-order valence-electron chi connectivity index (χ1n) is 9.46. The van der Waals surface area contributed by atoms with Crippen molar-refractivity contribution in [3.63, 3.8) is 0 Å². The summed E-state index contributed by atoms with van der Waals surface area (Å²) < 4.78 is 1.21. The Bertz CT molecular complexity index is 1080. The molecule has 2 aromatic rings. The van der Waals surface area contributed by atoms with Crippen molar-refractivity contribution >= 4 is 29.2 Å². The Morgan fingerprint density at radius 3 is 2.63 bits per heavy atom. The number of hydrogen-bond donors (Lipinski definition) is 2. The molecule has 0 bridgehead atoms. The summed E-state index contributed by atoms with van der Waals surface area (Å²) in [7, 11) is 0. The number of aromatic nitrogens is 3. The van der Waals surface area contributed by atoms with Crippen LogP contribution in [0.25, 0.3) is 0 Å². The minimum Gasteiger partial charge on any atom is -0.368 e. The molecule has 3 rings (SSSR count). The van der Waals surface area contributed by atoms with E-state index in [4.69, 9.17) is 22.4 Å². The summed E-state index contributed by atoms with van der Waals surface area (Å²) in [5, 5.41) is 13.4. The number of amides is 1. The average Bonchev–Trinajstić information content (AvgIpc) is 3.31. The average molecular weight is 427 g/mol. The normalized spacial score (nSPS) is 18.0. The first kappa shape index (κ1) is 21.3. The minimum absolute atomic E-state index is 0.0643. The SMILES string of the molecule is C\C=C/C=C\C=C\[C@H]1CN(c2n[nH]c(=O)n2[C@H](C)C(N)=O)N=C1c1ccc(Cl)cc1. The van der Waals surface area contributed by atoms with Gasteiger partial charge in [0.25, 0.3) is 0 Å². The summed E-state index contributed by atoms with van der Waals surface area (Å²) in [4.78, 5) is 23.9. The molecule has 1 aromatic carbocycles. The topological polar surface area (TPSA) is 109 Å². The van der Waals surface area contributed by atoms with E-state index >= 15 is 0 Å². The number of carbonyl (C=O) groups excluding carboxylic acids is 1. The number of anilines is 1. The third kappa shape index (κ3) is 4.60. The number of benzene rings is 1. The number of nitrogens with two attached hydrogens (primary N) is 1. The van der Waals surface area contributed by atoms with Crippen molar-refractivity contribution in [2.24, 2.45) is 16.8 Å². The smallest absolute Gasteiger partial charge is 0.345 e. The van der Waals surface area contributed by atoms with Gasteiger partial charge in [-0.3, -0.25) is 4.79 Å². The molecule has 30 heavy (non-hydrogen) atoms. The lowest BCUT2D eigenvalue weighted by molar-refractivity contribution is -0.120. The first-order valence-corrected chi connectivity index (χ1v) is 9.84. The zero-order valence-corrected chi connectivity index (χ0v) is 17.5. The van der Waals surface area contributed by atoms with Crippen molar-refractivity contribution in [3.8, 4) is 0 Å². The Morgan fingerprint density at radius 1 is 1.27 bits per heavy atom. The van der Waals surface area contributed by atoms with Crippen LogP contribution in [0.2, 0.25) is 5.02 Å². The lowest BCUT2D eigenvalue weighted by Crippen LogP contribution is -2.33. The van der Waals surface area contributed by atoms with Crippen LogP contribution < -0.4 is 16.4 Å². The molecule has 0 unspecified atom stereocenters. The number of carbonyl (C=O) groups is 1. The molecule has 0 saturated carbocycles. The van der Waals surface area contributed by atoms with Crippen LogP contribution in [-0.2, 0) is 4.79 Å². The van der Waals surface area contributed by atoms with E-state index in [-0.39, 0.29) is 11.9 Å². The molecule has 2 heterocycles. The zero-order valence-electron chi connectivity index (χ0n) is 16.7. The van der Waals surface area contributed by atoms with Gasteiger partial charge in [0.15, 0.2) is 0 Å². The zero-order chi connectivity index (χ0) is 21.7. The van der Waals surface area contributed by atoms with Gasteiger partial charge < -0.3 is 5.73 Å². The Hall–Kier alpha value is -3.39. The quantitative estimate of drug-likeness (QED) is 0.663. The molecule has 9 heteroatoms. The summed E-state index contributed by atoms with van der Waals surface area (Å²) >= 11 is 6.02. The van der Waals surface area contributed by atoms with Gasteiger partial charge in [-0.2, -0.15) is 5.10 Å². The Labute approximate surface area is 179 Å². The molecule has 8 nitrogen and oxygen atoms in total. The molecule has 156 valence electrons. The number of aromatic amines is 1. The summed E-state index contributed by atoms with van der Waals surface area (Å²) in [5.41, 5.74) is 6.58. The number of nitrogens with zero attached hydrogens (tertiary/aromatic N) is 4. The van der Waals surface area contributed by atoms with Crippen LogP contribution in [0, 0.1) is 5.92 Å². The summed E-state index contributed by atoms with van der Waals surface area (Å²) in [6.07, 6.45) is 11.7. The first-order chi connectivity index (χ1) is 14.4. The Kier molecular flexibility index (Phi) is 6.68. The van der Waals surface area contributed by atoms with E-state index in [0.717, 1.165) is 11.3 Å². The molecule has 0 saturated heterocycles. The molecule has 3 N–H and O–H groups in total. The maximum Gasteiger partial charge on any atom is 0.345 e. The van der Waals surface area contributed by atoms with Crippen molar-refractivity contribution in [2.45, 2.75) is 19.9 Å². The van der Waals surface area contributed by atoms with Gasteiger partial charge in [-0.1, -0.05) is 60.2 Å². The largest absolute Gasteiger partial charge is 0.368 e. The molecule has 2 atom stereocenters. The number of H-pyrrole nitrogens is 1. The van der Waals surface area contributed by atoms with Crippen LogP contribution in [0.4, 0.5) is 5.95 Å². The van der Waals surface area contributed by atoms with Gasteiger partial charge in [-0.05, 0) is 31.5 Å². The maximum atomic E-state index is 12.2. The number of primary amides is 1. The highest BCUT2D eigenvalue weighted by Crippen LogP contribution is 2.26. The van der Waals surface area contributed by atoms with E-state index in [9.17, 15) is 9.59 Å². The fourth-order valence-corrected chi connectivity index (χ4v) is 3.21. The second kappa shape index (κ2) is 9.41. The standard InChI is InChI=1S/C21H23ClN6O2/c1-3-4-5-6-7-8-16-13-27(26-18(16)15-9-11-17(22)12-10-15)20-24-25-21(30)28(20)14(2)19(23)29/h3-12,14,16H,13H2,1-2H3,(H2,23,29)(H,25,30)/b4-3-,6-5-,8-7+/t14-,16+/m1/s1. The fraction of sp³-hybridized carbons (Fsp3) is 0.238. The molecular formula is C21H23ClN6O2. The second-order valence-electron chi connectivity index (χ2n) is 6.75. The van der Waals surface area contributed by atoms with Crippen molar-refractivity contribution in [2.75, 3.05) is 11.6 Å². The van der Waals surface area contributed by atoms with Crippen LogP contribution in [0.15, 0.2) is 70.6 Å².